The first kappa shape index (κ1) is 17.8. The maximum absolute atomic E-state index is 12.7. The van der Waals surface area contributed by atoms with E-state index in [1.54, 1.807) is 12.4 Å². The third kappa shape index (κ3) is 3.72. The lowest BCUT2D eigenvalue weighted by Crippen LogP contribution is -2.38. The predicted molar refractivity (Wildman–Crippen MR) is 109 cm³/mol. The SMILES string of the molecule is O=c1[nH]c(-c2cc3cccn3cn2)nc2ccc(OCCN3CCOCC3)cc12. The van der Waals surface area contributed by atoms with Gasteiger partial charge in [0.05, 0.1) is 30.4 Å². The lowest BCUT2D eigenvalue weighted by Gasteiger charge is -2.26. The quantitative estimate of drug-likeness (QED) is 0.560. The molecule has 1 saturated heterocycles. The van der Waals surface area contributed by atoms with Crippen molar-refractivity contribution in [3.63, 3.8) is 0 Å². The van der Waals surface area contributed by atoms with Crippen molar-refractivity contribution in [2.75, 3.05) is 39.5 Å². The number of hydrogen-bond acceptors (Lipinski definition) is 6. The molecule has 5 rings (SSSR count). The van der Waals surface area contributed by atoms with Gasteiger partial charge in [-0.3, -0.25) is 9.69 Å². The molecule has 0 saturated carbocycles. The van der Waals surface area contributed by atoms with Crippen LogP contribution in [-0.4, -0.2) is 63.7 Å². The Morgan fingerprint density at radius 2 is 2.07 bits per heavy atom. The van der Waals surface area contributed by atoms with Crippen LogP contribution in [0.1, 0.15) is 0 Å². The fourth-order valence-corrected chi connectivity index (χ4v) is 3.51. The van der Waals surface area contributed by atoms with Gasteiger partial charge in [0.25, 0.3) is 5.56 Å². The fraction of sp³-hybridized carbons (Fsp3) is 0.286. The molecule has 0 bridgehead atoms. The molecule has 1 fully saturated rings. The van der Waals surface area contributed by atoms with E-state index < -0.39 is 0 Å². The zero-order valence-electron chi connectivity index (χ0n) is 15.9. The van der Waals surface area contributed by atoms with Crippen molar-refractivity contribution in [1.82, 2.24) is 24.3 Å². The van der Waals surface area contributed by atoms with Crippen LogP contribution in [0.25, 0.3) is 27.9 Å². The molecular weight excluding hydrogens is 370 g/mol. The van der Waals surface area contributed by atoms with Gasteiger partial charge in [0.2, 0.25) is 0 Å². The van der Waals surface area contributed by atoms with Gasteiger partial charge in [0.15, 0.2) is 5.82 Å². The molecule has 29 heavy (non-hydrogen) atoms. The lowest BCUT2D eigenvalue weighted by molar-refractivity contribution is 0.0322. The van der Waals surface area contributed by atoms with E-state index in [0.717, 1.165) is 38.4 Å². The molecule has 0 aliphatic carbocycles. The number of nitrogens with zero attached hydrogens (tertiary/aromatic N) is 4. The Kier molecular flexibility index (Phi) is 4.71. The summed E-state index contributed by atoms with van der Waals surface area (Å²) in [7, 11) is 0. The summed E-state index contributed by atoms with van der Waals surface area (Å²) < 4.78 is 13.1. The standard InChI is InChI=1S/C21H21N5O3/c27-21-17-13-16(29-11-8-25-6-9-28-10-7-25)3-4-18(17)23-20(24-21)19-12-15-2-1-5-26(15)14-22-19/h1-5,12-14H,6-11H2,(H,23,24,27). The Labute approximate surface area is 166 Å². The molecule has 8 nitrogen and oxygen atoms in total. The highest BCUT2D eigenvalue weighted by Gasteiger charge is 2.11. The molecule has 0 unspecified atom stereocenters. The number of benzene rings is 1. The minimum Gasteiger partial charge on any atom is -0.492 e. The maximum Gasteiger partial charge on any atom is 0.259 e. The van der Waals surface area contributed by atoms with Crippen molar-refractivity contribution in [3.8, 4) is 17.3 Å². The van der Waals surface area contributed by atoms with E-state index in [9.17, 15) is 4.79 Å². The zero-order chi connectivity index (χ0) is 19.6. The third-order valence-electron chi connectivity index (χ3n) is 5.12. The van der Waals surface area contributed by atoms with Crippen LogP contribution in [0.4, 0.5) is 0 Å². The van der Waals surface area contributed by atoms with E-state index in [0.29, 0.717) is 34.8 Å². The molecule has 1 aromatic carbocycles. The van der Waals surface area contributed by atoms with Crippen LogP contribution >= 0.6 is 0 Å². The van der Waals surface area contributed by atoms with Gasteiger partial charge in [-0.2, -0.15) is 0 Å². The van der Waals surface area contributed by atoms with Crippen molar-refractivity contribution in [2.45, 2.75) is 0 Å². The molecule has 1 aliphatic heterocycles. The van der Waals surface area contributed by atoms with Crippen LogP contribution < -0.4 is 10.3 Å². The van der Waals surface area contributed by atoms with E-state index in [-0.39, 0.29) is 5.56 Å². The average molecular weight is 391 g/mol. The Morgan fingerprint density at radius 1 is 1.17 bits per heavy atom. The predicted octanol–water partition coefficient (Wildman–Crippen LogP) is 1.95. The minimum atomic E-state index is -0.208. The van der Waals surface area contributed by atoms with Gasteiger partial charge in [-0.05, 0) is 36.4 Å². The second-order valence-corrected chi connectivity index (χ2v) is 7.01. The molecule has 0 amide bonds. The van der Waals surface area contributed by atoms with Gasteiger partial charge in [-0.15, -0.1) is 0 Å². The number of aromatic amines is 1. The van der Waals surface area contributed by atoms with Crippen LogP contribution in [0.15, 0.2) is 53.7 Å². The molecule has 1 N–H and O–H groups in total. The summed E-state index contributed by atoms with van der Waals surface area (Å²) >= 11 is 0. The molecule has 0 spiro atoms. The van der Waals surface area contributed by atoms with Gasteiger partial charge < -0.3 is 18.9 Å². The molecular formula is C21H21N5O3. The maximum atomic E-state index is 12.7. The van der Waals surface area contributed by atoms with Crippen molar-refractivity contribution in [3.05, 3.63) is 59.3 Å². The number of H-pyrrole nitrogens is 1. The molecule has 3 aromatic heterocycles. The summed E-state index contributed by atoms with van der Waals surface area (Å²) in [4.78, 5) is 26.8. The topological polar surface area (TPSA) is 84.8 Å². The van der Waals surface area contributed by atoms with Crippen LogP contribution in [0.2, 0.25) is 0 Å². The molecule has 1 aliphatic rings. The average Bonchev–Trinajstić information content (AvgIpc) is 3.23. The second kappa shape index (κ2) is 7.65. The van der Waals surface area contributed by atoms with Gasteiger partial charge >= 0.3 is 0 Å². The Morgan fingerprint density at radius 3 is 2.97 bits per heavy atom. The first-order valence-electron chi connectivity index (χ1n) is 9.66. The normalized spacial score (nSPS) is 15.2. The highest BCUT2D eigenvalue weighted by atomic mass is 16.5. The summed E-state index contributed by atoms with van der Waals surface area (Å²) in [5.74, 6) is 1.12. The monoisotopic (exact) mass is 391 g/mol. The third-order valence-corrected chi connectivity index (χ3v) is 5.12. The van der Waals surface area contributed by atoms with E-state index in [1.165, 1.54) is 0 Å². The van der Waals surface area contributed by atoms with Crippen molar-refractivity contribution >= 4 is 16.4 Å². The number of aromatic nitrogens is 4. The zero-order valence-corrected chi connectivity index (χ0v) is 15.9. The van der Waals surface area contributed by atoms with Gasteiger partial charge in [0.1, 0.15) is 18.1 Å². The molecule has 4 aromatic rings. The van der Waals surface area contributed by atoms with Crippen LogP contribution in [0.3, 0.4) is 0 Å². The Bertz CT molecular complexity index is 1210. The van der Waals surface area contributed by atoms with E-state index >= 15 is 0 Å². The van der Waals surface area contributed by atoms with Crippen LogP contribution in [-0.2, 0) is 4.74 Å². The summed E-state index contributed by atoms with van der Waals surface area (Å²) in [6, 6.07) is 11.2. The van der Waals surface area contributed by atoms with E-state index in [2.05, 4.69) is 19.9 Å². The number of ether oxygens (including phenoxy) is 2. The molecule has 0 radical (unpaired) electrons. The summed E-state index contributed by atoms with van der Waals surface area (Å²) in [5.41, 5.74) is 2.02. The first-order valence-corrected chi connectivity index (χ1v) is 9.66. The van der Waals surface area contributed by atoms with Gasteiger partial charge in [-0.25, -0.2) is 9.97 Å². The summed E-state index contributed by atoms with van der Waals surface area (Å²) in [6.45, 7) is 4.79. The Balaban J connectivity index is 1.36. The summed E-state index contributed by atoms with van der Waals surface area (Å²) in [5, 5.41) is 0.501. The minimum absolute atomic E-state index is 0.208. The van der Waals surface area contributed by atoms with Crippen molar-refractivity contribution < 1.29 is 9.47 Å². The van der Waals surface area contributed by atoms with Crippen molar-refractivity contribution in [1.29, 1.82) is 0 Å². The van der Waals surface area contributed by atoms with Crippen LogP contribution in [0.5, 0.6) is 5.75 Å². The molecule has 0 atom stereocenters. The first-order chi connectivity index (χ1) is 14.3. The number of fused-ring (bicyclic) bond motifs is 2. The second-order valence-electron chi connectivity index (χ2n) is 7.01. The van der Waals surface area contributed by atoms with Gasteiger partial charge in [0, 0.05) is 31.3 Å². The molecule has 148 valence electrons. The number of hydrogen-bond donors (Lipinski definition) is 1. The van der Waals surface area contributed by atoms with E-state index in [1.807, 2.05) is 40.9 Å². The highest BCUT2D eigenvalue weighted by Crippen LogP contribution is 2.20. The Hall–Kier alpha value is -3.23. The fourth-order valence-electron chi connectivity index (χ4n) is 3.51. The molecule has 8 heteroatoms. The largest absolute Gasteiger partial charge is 0.492 e. The lowest BCUT2D eigenvalue weighted by atomic mass is 10.2. The number of morpholine rings is 1. The van der Waals surface area contributed by atoms with Gasteiger partial charge in [-0.1, -0.05) is 0 Å². The number of rotatable bonds is 5. The summed E-state index contributed by atoms with van der Waals surface area (Å²) in [6.07, 6.45) is 3.63. The number of nitrogens with one attached hydrogen (secondary N) is 1. The van der Waals surface area contributed by atoms with E-state index in [4.69, 9.17) is 9.47 Å². The smallest absolute Gasteiger partial charge is 0.259 e. The van der Waals surface area contributed by atoms with Crippen LogP contribution in [0, 0.1) is 0 Å². The van der Waals surface area contributed by atoms with Crippen molar-refractivity contribution in [2.24, 2.45) is 0 Å². The molecule has 4 heterocycles. The highest BCUT2D eigenvalue weighted by molar-refractivity contribution is 5.80.